The van der Waals surface area contributed by atoms with Crippen molar-refractivity contribution in [3.63, 3.8) is 0 Å². The molecule has 3 aromatic carbocycles. The van der Waals surface area contributed by atoms with Crippen LogP contribution in [0, 0.1) is 40.4 Å². The third-order valence-electron chi connectivity index (χ3n) is 4.67. The van der Waals surface area contributed by atoms with Crippen LogP contribution in [0.25, 0.3) is 22.3 Å². The second-order valence-corrected chi connectivity index (χ2v) is 6.77. The van der Waals surface area contributed by atoms with E-state index in [0.29, 0.717) is 11.1 Å². The van der Waals surface area contributed by atoms with Gasteiger partial charge in [-0.3, -0.25) is 0 Å². The van der Waals surface area contributed by atoms with Gasteiger partial charge < -0.3 is 0 Å². The Morgan fingerprint density at radius 2 is 1.04 bits per heavy atom. The monoisotopic (exact) mass is 318 g/mol. The Bertz CT molecular complexity index is 896. The SMILES string of the molecule is Cc1ccc(-c2ccc(-c3cc(C)c(F)c(C)c3)c(C)c2)c(C)c1. The van der Waals surface area contributed by atoms with Crippen LogP contribution in [0.1, 0.15) is 27.8 Å². The average Bonchev–Trinajstić information content (AvgIpc) is 2.52. The van der Waals surface area contributed by atoms with Crippen LogP contribution in [-0.2, 0) is 0 Å². The van der Waals surface area contributed by atoms with E-state index in [4.69, 9.17) is 0 Å². The number of hydrogen-bond acceptors (Lipinski definition) is 0. The molecule has 0 nitrogen and oxygen atoms in total. The quantitative estimate of drug-likeness (QED) is 0.493. The number of rotatable bonds is 2. The van der Waals surface area contributed by atoms with Crippen LogP contribution >= 0.6 is 0 Å². The van der Waals surface area contributed by atoms with E-state index in [0.717, 1.165) is 11.1 Å². The van der Waals surface area contributed by atoms with Crippen LogP contribution in [0.15, 0.2) is 48.5 Å². The van der Waals surface area contributed by atoms with Crippen LogP contribution in [0.4, 0.5) is 4.39 Å². The van der Waals surface area contributed by atoms with E-state index in [1.165, 1.54) is 27.8 Å². The first-order valence-electron chi connectivity index (χ1n) is 8.32. The molecule has 0 atom stereocenters. The van der Waals surface area contributed by atoms with Crippen LogP contribution in [0.2, 0.25) is 0 Å². The van der Waals surface area contributed by atoms with Crippen molar-refractivity contribution in [2.75, 3.05) is 0 Å². The molecule has 0 spiro atoms. The van der Waals surface area contributed by atoms with Crippen LogP contribution in [-0.4, -0.2) is 0 Å². The smallest absolute Gasteiger partial charge is 0.129 e. The summed E-state index contributed by atoms with van der Waals surface area (Å²) in [6, 6.07) is 16.9. The van der Waals surface area contributed by atoms with Gasteiger partial charge in [-0.2, -0.15) is 0 Å². The highest BCUT2D eigenvalue weighted by molar-refractivity contribution is 5.75. The summed E-state index contributed by atoms with van der Waals surface area (Å²) in [6.45, 7) is 10.0. The molecule has 1 heteroatoms. The van der Waals surface area contributed by atoms with E-state index >= 15 is 0 Å². The third kappa shape index (κ3) is 2.99. The topological polar surface area (TPSA) is 0 Å². The zero-order chi connectivity index (χ0) is 17.4. The van der Waals surface area contributed by atoms with Gasteiger partial charge in [-0.15, -0.1) is 0 Å². The molecule has 0 saturated heterocycles. The van der Waals surface area contributed by atoms with E-state index in [2.05, 4.69) is 57.2 Å². The molecular weight excluding hydrogens is 295 g/mol. The molecule has 0 bridgehead atoms. The van der Waals surface area contributed by atoms with Gasteiger partial charge in [0.25, 0.3) is 0 Å². The summed E-state index contributed by atoms with van der Waals surface area (Å²) in [5.74, 6) is -0.108. The standard InChI is InChI=1S/C23H23F/c1-14-6-8-21(15(2)10-14)19-7-9-22(16(3)11-19)20-12-17(4)23(24)18(5)13-20/h6-13H,1-5H3. The largest absolute Gasteiger partial charge is 0.206 e. The molecular formula is C23H23F. The molecule has 0 aliphatic carbocycles. The van der Waals surface area contributed by atoms with Crippen molar-refractivity contribution in [2.24, 2.45) is 0 Å². The van der Waals surface area contributed by atoms with Crippen molar-refractivity contribution < 1.29 is 4.39 Å². The Hall–Kier alpha value is -2.41. The van der Waals surface area contributed by atoms with Crippen LogP contribution < -0.4 is 0 Å². The average molecular weight is 318 g/mol. The van der Waals surface area contributed by atoms with Gasteiger partial charge in [-0.05, 0) is 91.3 Å². The molecule has 0 radical (unpaired) electrons. The molecule has 0 heterocycles. The molecule has 0 amide bonds. The van der Waals surface area contributed by atoms with Gasteiger partial charge in [0.05, 0.1) is 0 Å². The molecule has 3 rings (SSSR count). The fourth-order valence-electron chi connectivity index (χ4n) is 3.39. The maximum atomic E-state index is 13.9. The molecule has 0 N–H and O–H groups in total. The van der Waals surface area contributed by atoms with Gasteiger partial charge in [0.2, 0.25) is 0 Å². The van der Waals surface area contributed by atoms with E-state index in [-0.39, 0.29) is 5.82 Å². The lowest BCUT2D eigenvalue weighted by Crippen LogP contribution is -1.92. The van der Waals surface area contributed by atoms with Gasteiger partial charge in [0, 0.05) is 0 Å². The predicted octanol–water partition coefficient (Wildman–Crippen LogP) is 6.70. The first-order chi connectivity index (χ1) is 11.4. The lowest BCUT2D eigenvalue weighted by molar-refractivity contribution is 0.609. The van der Waals surface area contributed by atoms with Crippen molar-refractivity contribution >= 4 is 0 Å². The van der Waals surface area contributed by atoms with Gasteiger partial charge in [-0.1, -0.05) is 42.0 Å². The predicted molar refractivity (Wildman–Crippen MR) is 101 cm³/mol. The molecule has 0 saturated carbocycles. The zero-order valence-electron chi connectivity index (χ0n) is 15.0. The highest BCUT2D eigenvalue weighted by Crippen LogP contribution is 2.32. The lowest BCUT2D eigenvalue weighted by atomic mass is 9.92. The normalized spacial score (nSPS) is 10.9. The maximum Gasteiger partial charge on any atom is 0.129 e. The Balaban J connectivity index is 2.08. The van der Waals surface area contributed by atoms with Gasteiger partial charge in [0.15, 0.2) is 0 Å². The molecule has 3 aromatic rings. The molecule has 24 heavy (non-hydrogen) atoms. The highest BCUT2D eigenvalue weighted by atomic mass is 19.1. The summed E-state index contributed by atoms with van der Waals surface area (Å²) in [5.41, 5.74) is 9.90. The fourth-order valence-corrected chi connectivity index (χ4v) is 3.39. The first kappa shape index (κ1) is 16.4. The summed E-state index contributed by atoms with van der Waals surface area (Å²) in [5, 5.41) is 0. The first-order valence-corrected chi connectivity index (χ1v) is 8.32. The van der Waals surface area contributed by atoms with E-state index in [1.807, 2.05) is 26.0 Å². The van der Waals surface area contributed by atoms with Gasteiger partial charge >= 0.3 is 0 Å². The summed E-state index contributed by atoms with van der Waals surface area (Å²) < 4.78 is 13.9. The summed E-state index contributed by atoms with van der Waals surface area (Å²) in [6.07, 6.45) is 0. The molecule has 0 aromatic heterocycles. The van der Waals surface area contributed by atoms with E-state index < -0.39 is 0 Å². The van der Waals surface area contributed by atoms with Crippen molar-refractivity contribution in [1.82, 2.24) is 0 Å². The third-order valence-corrected chi connectivity index (χ3v) is 4.67. The lowest BCUT2D eigenvalue weighted by Gasteiger charge is -2.13. The summed E-state index contributed by atoms with van der Waals surface area (Å²) in [4.78, 5) is 0. The van der Waals surface area contributed by atoms with E-state index in [1.54, 1.807) is 0 Å². The molecule has 0 aliphatic rings. The summed E-state index contributed by atoms with van der Waals surface area (Å²) in [7, 11) is 0. The van der Waals surface area contributed by atoms with Crippen molar-refractivity contribution in [3.05, 3.63) is 82.2 Å². The van der Waals surface area contributed by atoms with Crippen molar-refractivity contribution in [1.29, 1.82) is 0 Å². The molecule has 122 valence electrons. The highest BCUT2D eigenvalue weighted by Gasteiger charge is 2.10. The number of halogens is 1. The molecule has 0 aliphatic heterocycles. The minimum atomic E-state index is -0.108. The second-order valence-electron chi connectivity index (χ2n) is 6.77. The molecule has 0 fully saturated rings. The Labute approximate surface area is 144 Å². The van der Waals surface area contributed by atoms with E-state index in [9.17, 15) is 4.39 Å². The number of hydrogen-bond donors (Lipinski definition) is 0. The summed E-state index contributed by atoms with van der Waals surface area (Å²) >= 11 is 0. The van der Waals surface area contributed by atoms with Crippen LogP contribution in [0.5, 0.6) is 0 Å². The van der Waals surface area contributed by atoms with Gasteiger partial charge in [0.1, 0.15) is 5.82 Å². The van der Waals surface area contributed by atoms with Crippen LogP contribution in [0.3, 0.4) is 0 Å². The van der Waals surface area contributed by atoms with Crippen molar-refractivity contribution in [2.45, 2.75) is 34.6 Å². The van der Waals surface area contributed by atoms with Crippen molar-refractivity contribution in [3.8, 4) is 22.3 Å². The number of benzene rings is 3. The van der Waals surface area contributed by atoms with Gasteiger partial charge in [-0.25, -0.2) is 4.39 Å². The Morgan fingerprint density at radius 1 is 0.542 bits per heavy atom. The maximum absolute atomic E-state index is 13.9. The minimum Gasteiger partial charge on any atom is -0.206 e. The number of aryl methyl sites for hydroxylation is 5. The zero-order valence-corrected chi connectivity index (χ0v) is 15.0. The Morgan fingerprint density at radius 3 is 1.62 bits per heavy atom. The Kier molecular flexibility index (Phi) is 4.28. The minimum absolute atomic E-state index is 0.108. The molecule has 0 unspecified atom stereocenters. The second kappa shape index (κ2) is 6.24. The fraction of sp³-hybridized carbons (Fsp3) is 0.217.